The number of thioether (sulfide) groups is 1. The summed E-state index contributed by atoms with van der Waals surface area (Å²) in [6, 6.07) is 0. The van der Waals surface area contributed by atoms with E-state index in [1.165, 1.54) is 10.5 Å². The van der Waals surface area contributed by atoms with E-state index >= 15 is 0 Å². The third-order valence-electron chi connectivity index (χ3n) is 2.22. The maximum absolute atomic E-state index is 11.5. The van der Waals surface area contributed by atoms with Gasteiger partial charge in [-0.1, -0.05) is 13.3 Å². The average molecular weight is 261 g/mol. The van der Waals surface area contributed by atoms with Crippen LogP contribution in [0.5, 0.6) is 0 Å². The molecule has 1 aliphatic heterocycles. The van der Waals surface area contributed by atoms with Gasteiger partial charge in [0.2, 0.25) is 10.0 Å². The van der Waals surface area contributed by atoms with Gasteiger partial charge in [-0.2, -0.15) is 5.26 Å². The van der Waals surface area contributed by atoms with E-state index < -0.39 is 15.5 Å². The number of thiocyanates is 1. The first-order chi connectivity index (χ1) is 7.50. The zero-order chi connectivity index (χ0) is 12.2. The van der Waals surface area contributed by atoms with Crippen molar-refractivity contribution in [2.75, 3.05) is 12.8 Å². The fourth-order valence-corrected chi connectivity index (χ4v) is 3.31. The lowest BCUT2D eigenvalue weighted by Gasteiger charge is -2.28. The fraction of sp³-hybridized carbons (Fsp3) is 0.667. The van der Waals surface area contributed by atoms with Gasteiger partial charge >= 0.3 is 0 Å². The minimum atomic E-state index is -3.30. The highest BCUT2D eigenvalue weighted by molar-refractivity contribution is 8.04. The quantitative estimate of drug-likeness (QED) is 0.699. The molecule has 1 unspecified atom stereocenters. The van der Waals surface area contributed by atoms with Gasteiger partial charge < -0.3 is 4.90 Å². The SMILES string of the molecule is CCCCN1C=CN(S(C)(=O)=O)C1SC#N. The lowest BCUT2D eigenvalue weighted by Crippen LogP contribution is -2.38. The molecular formula is C9H15N3O2S2. The lowest BCUT2D eigenvalue weighted by molar-refractivity contribution is 0.298. The number of hydrogen-bond donors (Lipinski definition) is 0. The van der Waals surface area contributed by atoms with Crippen LogP contribution in [0.1, 0.15) is 19.8 Å². The van der Waals surface area contributed by atoms with Gasteiger partial charge in [-0.15, -0.1) is 0 Å². The molecule has 1 atom stereocenters. The Kier molecular flexibility index (Phi) is 4.50. The third kappa shape index (κ3) is 3.06. The Balaban J connectivity index is 2.78. The van der Waals surface area contributed by atoms with Crippen molar-refractivity contribution in [1.82, 2.24) is 9.21 Å². The van der Waals surface area contributed by atoms with Crippen LogP contribution < -0.4 is 0 Å². The molecular weight excluding hydrogens is 246 g/mol. The Morgan fingerprint density at radius 1 is 1.50 bits per heavy atom. The Labute approximate surface area is 101 Å². The molecule has 0 radical (unpaired) electrons. The summed E-state index contributed by atoms with van der Waals surface area (Å²) in [6.07, 6.45) is 6.40. The summed E-state index contributed by atoms with van der Waals surface area (Å²) in [5.74, 6) is 0. The first-order valence-corrected chi connectivity index (χ1v) is 7.71. The molecule has 0 aliphatic carbocycles. The van der Waals surface area contributed by atoms with E-state index in [4.69, 9.17) is 5.26 Å². The van der Waals surface area contributed by atoms with Crippen molar-refractivity contribution in [2.45, 2.75) is 25.3 Å². The molecule has 16 heavy (non-hydrogen) atoms. The monoisotopic (exact) mass is 261 g/mol. The van der Waals surface area contributed by atoms with Crippen LogP contribution in [0.3, 0.4) is 0 Å². The van der Waals surface area contributed by atoms with E-state index in [1.54, 1.807) is 6.20 Å². The van der Waals surface area contributed by atoms with Gasteiger partial charge in [0.1, 0.15) is 5.40 Å². The lowest BCUT2D eigenvalue weighted by atomic mass is 10.3. The van der Waals surface area contributed by atoms with Crippen molar-refractivity contribution in [3.05, 3.63) is 12.4 Å². The van der Waals surface area contributed by atoms with Crippen molar-refractivity contribution in [3.8, 4) is 5.40 Å². The maximum atomic E-state index is 11.5. The van der Waals surface area contributed by atoms with Crippen LogP contribution in [0, 0.1) is 10.7 Å². The van der Waals surface area contributed by atoms with Crippen molar-refractivity contribution in [2.24, 2.45) is 0 Å². The number of rotatable bonds is 5. The van der Waals surface area contributed by atoms with Gasteiger partial charge in [-0.25, -0.2) is 12.7 Å². The molecule has 0 bridgehead atoms. The molecule has 0 saturated heterocycles. The molecule has 0 spiro atoms. The molecule has 1 aliphatic rings. The number of unbranched alkanes of at least 4 members (excludes halogenated alkanes) is 1. The summed E-state index contributed by atoms with van der Waals surface area (Å²) in [4.78, 5) is 1.87. The first-order valence-electron chi connectivity index (χ1n) is 4.98. The fourth-order valence-electron chi connectivity index (χ4n) is 1.41. The predicted octanol–water partition coefficient (Wildman–Crippen LogP) is 1.33. The largest absolute Gasteiger partial charge is 0.346 e. The number of hydrogen-bond acceptors (Lipinski definition) is 5. The van der Waals surface area contributed by atoms with Crippen LogP contribution in [0.2, 0.25) is 0 Å². The molecule has 0 amide bonds. The Bertz CT molecular complexity index is 399. The highest BCUT2D eigenvalue weighted by Gasteiger charge is 2.32. The topological polar surface area (TPSA) is 64.4 Å². The number of nitriles is 1. The van der Waals surface area contributed by atoms with Crippen LogP contribution >= 0.6 is 11.8 Å². The average Bonchev–Trinajstić information content (AvgIpc) is 2.58. The minimum Gasteiger partial charge on any atom is -0.346 e. The van der Waals surface area contributed by atoms with E-state index in [9.17, 15) is 8.42 Å². The number of sulfonamides is 1. The summed E-state index contributed by atoms with van der Waals surface area (Å²) >= 11 is 0.948. The summed E-state index contributed by atoms with van der Waals surface area (Å²) < 4.78 is 24.1. The van der Waals surface area contributed by atoms with Crippen LogP contribution in [-0.2, 0) is 10.0 Å². The second-order valence-electron chi connectivity index (χ2n) is 3.52. The smallest absolute Gasteiger partial charge is 0.234 e. The molecule has 0 aromatic heterocycles. The first kappa shape index (κ1) is 13.2. The summed E-state index contributed by atoms with van der Waals surface area (Å²) in [5.41, 5.74) is -0.452. The Hall–Kier alpha value is -0.870. The number of nitrogens with zero attached hydrogens (tertiary/aromatic N) is 3. The predicted molar refractivity (Wildman–Crippen MR) is 64.4 cm³/mol. The molecule has 0 saturated carbocycles. The van der Waals surface area contributed by atoms with Crippen LogP contribution in [-0.4, -0.2) is 35.9 Å². The van der Waals surface area contributed by atoms with Gasteiger partial charge in [0.15, 0.2) is 5.50 Å². The molecule has 90 valence electrons. The molecule has 0 fully saturated rings. The van der Waals surface area contributed by atoms with Crippen molar-refractivity contribution in [1.29, 1.82) is 5.26 Å². The zero-order valence-corrected chi connectivity index (χ0v) is 11.0. The highest BCUT2D eigenvalue weighted by Crippen LogP contribution is 2.27. The molecule has 1 heterocycles. The molecule has 1 rings (SSSR count). The van der Waals surface area contributed by atoms with Crippen LogP contribution in [0.4, 0.5) is 0 Å². The Morgan fingerprint density at radius 2 is 2.19 bits per heavy atom. The molecule has 0 aromatic carbocycles. The minimum absolute atomic E-state index is 0.452. The van der Waals surface area contributed by atoms with E-state index in [0.717, 1.165) is 37.4 Å². The van der Waals surface area contributed by atoms with E-state index in [0.29, 0.717) is 0 Å². The summed E-state index contributed by atoms with van der Waals surface area (Å²) in [6.45, 7) is 2.83. The van der Waals surface area contributed by atoms with Gasteiger partial charge in [-0.05, 0) is 6.42 Å². The standard InChI is InChI=1S/C9H15N3O2S2/c1-3-4-5-11-6-7-12(16(2,13)14)9(11)15-8-10/h6-7,9H,3-5H2,1-2H3. The van der Waals surface area contributed by atoms with E-state index in [2.05, 4.69) is 6.92 Å². The molecule has 5 nitrogen and oxygen atoms in total. The molecule has 0 aromatic rings. The van der Waals surface area contributed by atoms with E-state index in [-0.39, 0.29) is 0 Å². The van der Waals surface area contributed by atoms with Crippen molar-refractivity contribution in [3.63, 3.8) is 0 Å². The molecule has 0 N–H and O–H groups in total. The Morgan fingerprint density at radius 3 is 2.69 bits per heavy atom. The van der Waals surface area contributed by atoms with Gasteiger partial charge in [0.25, 0.3) is 0 Å². The van der Waals surface area contributed by atoms with Crippen LogP contribution in [0.15, 0.2) is 12.4 Å². The second kappa shape index (κ2) is 5.46. The third-order valence-corrected chi connectivity index (χ3v) is 4.25. The normalized spacial score (nSPS) is 20.2. The van der Waals surface area contributed by atoms with Gasteiger partial charge in [-0.3, -0.25) is 0 Å². The van der Waals surface area contributed by atoms with Crippen LogP contribution in [0.25, 0.3) is 0 Å². The van der Waals surface area contributed by atoms with Crippen molar-refractivity contribution >= 4 is 21.8 Å². The van der Waals surface area contributed by atoms with E-state index in [1.807, 2.05) is 10.3 Å². The molecule has 7 heteroatoms. The second-order valence-corrected chi connectivity index (χ2v) is 6.25. The highest BCUT2D eigenvalue weighted by atomic mass is 32.2. The summed E-state index contributed by atoms with van der Waals surface area (Å²) in [5, 5.41) is 10.6. The zero-order valence-electron chi connectivity index (χ0n) is 9.33. The summed E-state index contributed by atoms with van der Waals surface area (Å²) in [7, 11) is -3.30. The van der Waals surface area contributed by atoms with Crippen molar-refractivity contribution < 1.29 is 8.42 Å². The van der Waals surface area contributed by atoms with Gasteiger partial charge in [0, 0.05) is 30.7 Å². The van der Waals surface area contributed by atoms with Gasteiger partial charge in [0.05, 0.1) is 6.26 Å². The maximum Gasteiger partial charge on any atom is 0.234 e.